The summed E-state index contributed by atoms with van der Waals surface area (Å²) in [4.78, 5) is 3.50. The molecule has 0 saturated heterocycles. The molecular weight excluding hydrogens is 312 g/mol. The predicted octanol–water partition coefficient (Wildman–Crippen LogP) is 0.878. The third-order valence-corrected chi connectivity index (χ3v) is 1.02. The molecule has 0 aliphatic heterocycles. The topological polar surface area (TPSA) is 155 Å². The van der Waals surface area contributed by atoms with Crippen LogP contribution in [0.1, 0.15) is 41.5 Å². The lowest BCUT2D eigenvalue weighted by Crippen LogP contribution is -1.84. The molecule has 0 aliphatic rings. The summed E-state index contributed by atoms with van der Waals surface area (Å²) in [6, 6.07) is 0. The van der Waals surface area contributed by atoms with Gasteiger partial charge in [0.25, 0.3) is 0 Å². The van der Waals surface area contributed by atoms with Crippen LogP contribution in [0.15, 0.2) is 37.7 Å². The minimum atomic E-state index is 1.28. The largest absolute Gasteiger partial charge is 0.221 e. The Hall–Kier alpha value is -3.18. The minimum absolute atomic E-state index is 1.28. The molecule has 0 spiro atoms. The molecule has 12 nitrogen and oxygen atoms in total. The van der Waals surface area contributed by atoms with Crippen molar-refractivity contribution in [3.63, 3.8) is 0 Å². The number of hydrogen-bond acceptors (Lipinski definition) is 12. The summed E-state index contributed by atoms with van der Waals surface area (Å²) < 4.78 is 0. The Kier molecular flexibility index (Phi) is 34.3. The van der Waals surface area contributed by atoms with Gasteiger partial charge in [-0.1, -0.05) is 41.5 Å². The van der Waals surface area contributed by atoms with Crippen molar-refractivity contribution in [2.24, 2.45) is 0 Å². The van der Waals surface area contributed by atoms with Crippen LogP contribution in [-0.4, -0.2) is 61.4 Å². The second-order valence-electron chi connectivity index (χ2n) is 2.10. The Morgan fingerprint density at radius 3 is 0.875 bits per heavy atom. The fourth-order valence-corrected chi connectivity index (χ4v) is 0.496. The van der Waals surface area contributed by atoms with Crippen molar-refractivity contribution >= 4 is 0 Å². The van der Waals surface area contributed by atoms with Crippen LogP contribution >= 0.6 is 0 Å². The first-order valence-electron chi connectivity index (χ1n) is 7.32. The Bertz CT molecular complexity index is 315. The molecule has 0 amide bonds. The minimum Gasteiger partial charge on any atom is -0.221 e. The molecule has 12 heteroatoms. The Balaban J connectivity index is -0.000000239. The van der Waals surface area contributed by atoms with Crippen molar-refractivity contribution in [3.05, 3.63) is 37.7 Å². The zero-order chi connectivity index (χ0) is 18.7. The molecule has 3 aromatic heterocycles. The van der Waals surface area contributed by atoms with Gasteiger partial charge in [0.2, 0.25) is 0 Å². The number of hydrogen-bond donors (Lipinski definition) is 0. The SMILES string of the molecule is CC.CC.CC.c1cnnnn1.c1ncnnn1.c1nncnn1. The van der Waals surface area contributed by atoms with Gasteiger partial charge >= 0.3 is 0 Å². The van der Waals surface area contributed by atoms with E-state index in [-0.39, 0.29) is 0 Å². The van der Waals surface area contributed by atoms with Crippen molar-refractivity contribution in [3.8, 4) is 0 Å². The van der Waals surface area contributed by atoms with Crippen LogP contribution in [0.5, 0.6) is 0 Å². The highest BCUT2D eigenvalue weighted by Crippen LogP contribution is 1.53. The lowest BCUT2D eigenvalue weighted by Gasteiger charge is -1.68. The normalized spacial score (nSPS) is 6.75. The first kappa shape index (κ1) is 25.8. The lowest BCUT2D eigenvalue weighted by molar-refractivity contribution is 0.761. The molecule has 0 aromatic carbocycles. The van der Waals surface area contributed by atoms with Crippen molar-refractivity contribution in [2.75, 3.05) is 0 Å². The van der Waals surface area contributed by atoms with E-state index in [4.69, 9.17) is 0 Å². The molecule has 24 heavy (non-hydrogen) atoms. The molecule has 0 unspecified atom stereocenters. The second kappa shape index (κ2) is 32.0. The van der Waals surface area contributed by atoms with E-state index in [0.717, 1.165) is 0 Å². The highest BCUT2D eigenvalue weighted by atomic mass is 15.4. The number of rotatable bonds is 0. The van der Waals surface area contributed by atoms with E-state index in [1.165, 1.54) is 37.7 Å². The van der Waals surface area contributed by atoms with E-state index in [1.54, 1.807) is 0 Å². The van der Waals surface area contributed by atoms with E-state index >= 15 is 0 Å². The molecule has 0 bridgehead atoms. The van der Waals surface area contributed by atoms with E-state index < -0.39 is 0 Å². The third kappa shape index (κ3) is 27.2. The summed E-state index contributed by atoms with van der Waals surface area (Å²) in [6.07, 6.45) is 8.14. The van der Waals surface area contributed by atoms with Crippen molar-refractivity contribution in [1.29, 1.82) is 0 Å². The molecule has 0 aliphatic carbocycles. The van der Waals surface area contributed by atoms with Gasteiger partial charge in [-0.05, 0) is 15.6 Å². The first-order valence-corrected chi connectivity index (χ1v) is 7.32. The third-order valence-electron chi connectivity index (χ3n) is 1.02. The first-order chi connectivity index (χ1) is 12.0. The van der Waals surface area contributed by atoms with Gasteiger partial charge in [0.15, 0.2) is 12.7 Å². The summed E-state index contributed by atoms with van der Waals surface area (Å²) in [5.74, 6) is 0. The Morgan fingerprint density at radius 1 is 0.375 bits per heavy atom. The molecule has 0 N–H and O–H groups in total. The summed E-state index contributed by atoms with van der Waals surface area (Å²) in [6.45, 7) is 12.0. The zero-order valence-corrected chi connectivity index (χ0v) is 14.8. The summed E-state index contributed by atoms with van der Waals surface area (Å²) in [7, 11) is 0. The zero-order valence-electron chi connectivity index (χ0n) is 14.8. The van der Waals surface area contributed by atoms with Crippen LogP contribution < -0.4 is 0 Å². The van der Waals surface area contributed by atoms with E-state index in [2.05, 4.69) is 61.4 Å². The van der Waals surface area contributed by atoms with Gasteiger partial charge in [0.05, 0.1) is 12.4 Å². The smallest absolute Gasteiger partial charge is 0.160 e. The molecule has 0 saturated carbocycles. The number of aromatic nitrogens is 12. The van der Waals surface area contributed by atoms with Crippen LogP contribution in [0.4, 0.5) is 0 Å². The van der Waals surface area contributed by atoms with Gasteiger partial charge in [-0.3, -0.25) is 0 Å². The second-order valence-corrected chi connectivity index (χ2v) is 2.10. The monoisotopic (exact) mass is 336 g/mol. The lowest BCUT2D eigenvalue weighted by atomic mass is 11.0. The highest BCUT2D eigenvalue weighted by molar-refractivity contribution is 4.52. The maximum absolute atomic E-state index is 3.50. The quantitative estimate of drug-likeness (QED) is 0.571. The van der Waals surface area contributed by atoms with Crippen LogP contribution in [0, 0.1) is 0 Å². The molecule has 0 radical (unpaired) electrons. The number of nitrogens with zero attached hydrogens (tertiary/aromatic N) is 12. The molecule has 132 valence electrons. The molecule has 0 fully saturated rings. The van der Waals surface area contributed by atoms with Crippen molar-refractivity contribution in [1.82, 2.24) is 61.4 Å². The molecular formula is C12H24N12. The molecule has 3 aromatic rings. The van der Waals surface area contributed by atoms with Gasteiger partial charge < -0.3 is 0 Å². The fourth-order valence-electron chi connectivity index (χ4n) is 0.496. The molecule has 0 atom stereocenters. The van der Waals surface area contributed by atoms with E-state index in [1.807, 2.05) is 41.5 Å². The van der Waals surface area contributed by atoms with Gasteiger partial charge in [0.1, 0.15) is 12.7 Å². The van der Waals surface area contributed by atoms with Gasteiger partial charge in [-0.2, -0.15) is 0 Å². The highest BCUT2D eigenvalue weighted by Gasteiger charge is 1.62. The molecule has 3 rings (SSSR count). The molecule has 3 heterocycles. The van der Waals surface area contributed by atoms with Gasteiger partial charge in [0, 0.05) is 0 Å². The fraction of sp³-hybridized carbons (Fsp3) is 0.500. The van der Waals surface area contributed by atoms with Crippen LogP contribution in [0.25, 0.3) is 0 Å². The maximum Gasteiger partial charge on any atom is 0.160 e. The predicted molar refractivity (Wildman–Crippen MR) is 86.9 cm³/mol. The Morgan fingerprint density at radius 2 is 0.750 bits per heavy atom. The summed E-state index contributed by atoms with van der Waals surface area (Å²) >= 11 is 0. The van der Waals surface area contributed by atoms with Crippen LogP contribution in [-0.2, 0) is 0 Å². The maximum atomic E-state index is 3.50. The Labute approximate surface area is 141 Å². The van der Waals surface area contributed by atoms with E-state index in [9.17, 15) is 0 Å². The van der Waals surface area contributed by atoms with Crippen molar-refractivity contribution in [2.45, 2.75) is 41.5 Å². The summed E-state index contributed by atoms with van der Waals surface area (Å²) in [5.41, 5.74) is 0. The summed E-state index contributed by atoms with van der Waals surface area (Å²) in [5, 5.41) is 36.4. The van der Waals surface area contributed by atoms with Crippen LogP contribution in [0.2, 0.25) is 0 Å². The van der Waals surface area contributed by atoms with Gasteiger partial charge in [-0.15, -0.1) is 40.8 Å². The van der Waals surface area contributed by atoms with Gasteiger partial charge in [-0.25, -0.2) is 4.98 Å². The average Bonchev–Trinajstić information content (AvgIpc) is 2.77. The average molecular weight is 336 g/mol. The standard InChI is InChI=1S/3C2H2N4.3C2H6/c1-3-5-2-6-4-1;1-3-2-5-6-4-1;1-2-4-6-5-3-1;3*1-2/h3*1-2H;3*1-2H3. The van der Waals surface area contributed by atoms with E-state index in [0.29, 0.717) is 0 Å². The van der Waals surface area contributed by atoms with Crippen molar-refractivity contribution < 1.29 is 0 Å². The van der Waals surface area contributed by atoms with Crippen LogP contribution in [0.3, 0.4) is 0 Å².